The molecule has 0 saturated carbocycles. The molecule has 0 unspecified atom stereocenters. The van der Waals surface area contributed by atoms with Crippen molar-refractivity contribution in [3.05, 3.63) is 89.0 Å². The molecule has 5 rings (SSSR count). The van der Waals surface area contributed by atoms with E-state index in [1.165, 1.54) is 13.8 Å². The molecular weight excluding hydrogens is 612 g/mol. The SMILES string of the molecule is CC(=O)OCCNc1c(C)c(C)nc(Oc2ccccc2)c1N.CC(=O)OCCn1c(C)nc2c(Oc3ccccc3)nc(C)c(C)c21. The number of nitrogens with zero attached hydrogens (tertiary/aromatic N) is 4. The Labute approximate surface area is 280 Å². The number of esters is 2. The summed E-state index contributed by atoms with van der Waals surface area (Å²) in [5.74, 6) is 2.45. The maximum Gasteiger partial charge on any atom is 0.302 e. The number of fused-ring (bicyclic) bond motifs is 1. The van der Waals surface area contributed by atoms with Crippen LogP contribution in [0.4, 0.5) is 11.4 Å². The first kappa shape index (κ1) is 35.2. The molecule has 0 fully saturated rings. The Balaban J connectivity index is 0.000000218. The lowest BCUT2D eigenvalue weighted by Crippen LogP contribution is -2.14. The highest BCUT2D eigenvalue weighted by Gasteiger charge is 2.19. The zero-order chi connectivity index (χ0) is 34.8. The third-order valence-electron chi connectivity index (χ3n) is 7.46. The van der Waals surface area contributed by atoms with Gasteiger partial charge in [-0.15, -0.1) is 0 Å². The number of imidazole rings is 1. The molecule has 3 heterocycles. The summed E-state index contributed by atoms with van der Waals surface area (Å²) in [6.07, 6.45) is 0. The van der Waals surface area contributed by atoms with Gasteiger partial charge in [0.25, 0.3) is 0 Å². The highest BCUT2D eigenvalue weighted by molar-refractivity contribution is 5.85. The van der Waals surface area contributed by atoms with E-state index in [2.05, 4.69) is 20.3 Å². The summed E-state index contributed by atoms with van der Waals surface area (Å²) in [4.78, 5) is 35.4. The van der Waals surface area contributed by atoms with E-state index in [4.69, 9.17) is 24.7 Å². The normalized spacial score (nSPS) is 10.6. The number of hydrogen-bond acceptors (Lipinski definition) is 11. The Kier molecular flexibility index (Phi) is 11.9. The van der Waals surface area contributed by atoms with E-state index in [0.29, 0.717) is 54.2 Å². The molecular formula is C36H42N6O6. The van der Waals surface area contributed by atoms with Crippen molar-refractivity contribution in [3.63, 3.8) is 0 Å². The first-order valence-electron chi connectivity index (χ1n) is 15.5. The minimum absolute atomic E-state index is 0.268. The number of rotatable bonds is 11. The number of ether oxygens (including phenoxy) is 4. The van der Waals surface area contributed by atoms with Gasteiger partial charge in [0, 0.05) is 31.8 Å². The number of nitrogen functional groups attached to an aromatic ring is 1. The Morgan fingerprint density at radius 1 is 0.729 bits per heavy atom. The van der Waals surface area contributed by atoms with Crippen molar-refractivity contribution >= 4 is 34.3 Å². The summed E-state index contributed by atoms with van der Waals surface area (Å²) in [6.45, 7) is 14.1. The molecule has 3 aromatic heterocycles. The van der Waals surface area contributed by atoms with Crippen LogP contribution in [0, 0.1) is 34.6 Å². The van der Waals surface area contributed by atoms with Gasteiger partial charge >= 0.3 is 11.9 Å². The van der Waals surface area contributed by atoms with Gasteiger partial charge in [0.05, 0.1) is 17.7 Å². The van der Waals surface area contributed by atoms with Crippen LogP contribution >= 0.6 is 0 Å². The maximum atomic E-state index is 11.0. The van der Waals surface area contributed by atoms with Crippen LogP contribution in [0.25, 0.3) is 11.0 Å². The van der Waals surface area contributed by atoms with E-state index in [0.717, 1.165) is 39.5 Å². The molecule has 2 aromatic carbocycles. The second kappa shape index (κ2) is 16.3. The van der Waals surface area contributed by atoms with Crippen molar-refractivity contribution in [2.75, 3.05) is 30.8 Å². The second-order valence-corrected chi connectivity index (χ2v) is 11.0. The molecule has 0 aliphatic heterocycles. The van der Waals surface area contributed by atoms with Crippen molar-refractivity contribution in [1.29, 1.82) is 0 Å². The molecule has 0 bridgehead atoms. The molecule has 0 aliphatic carbocycles. The molecule has 0 spiro atoms. The molecule has 5 aromatic rings. The predicted molar refractivity (Wildman–Crippen MR) is 185 cm³/mol. The minimum Gasteiger partial charge on any atom is -0.464 e. The van der Waals surface area contributed by atoms with Crippen LogP contribution in [0.5, 0.6) is 23.3 Å². The van der Waals surface area contributed by atoms with Crippen molar-refractivity contribution in [2.45, 2.75) is 55.0 Å². The number of nitrogens with one attached hydrogen (secondary N) is 1. The van der Waals surface area contributed by atoms with Crippen molar-refractivity contribution in [1.82, 2.24) is 19.5 Å². The van der Waals surface area contributed by atoms with Gasteiger partial charge in [0.1, 0.15) is 36.2 Å². The fourth-order valence-corrected chi connectivity index (χ4v) is 4.84. The zero-order valence-corrected chi connectivity index (χ0v) is 28.4. The fourth-order valence-electron chi connectivity index (χ4n) is 4.84. The molecule has 3 N–H and O–H groups in total. The molecule has 0 amide bonds. The van der Waals surface area contributed by atoms with E-state index >= 15 is 0 Å². The summed E-state index contributed by atoms with van der Waals surface area (Å²) in [6, 6.07) is 18.9. The van der Waals surface area contributed by atoms with Crippen molar-refractivity contribution in [2.24, 2.45) is 0 Å². The van der Waals surface area contributed by atoms with Crippen LogP contribution in [0.1, 0.15) is 42.2 Å². The van der Waals surface area contributed by atoms with Crippen LogP contribution in [-0.4, -0.2) is 51.2 Å². The lowest BCUT2D eigenvalue weighted by atomic mass is 10.1. The van der Waals surface area contributed by atoms with E-state index in [-0.39, 0.29) is 18.5 Å². The van der Waals surface area contributed by atoms with E-state index in [1.54, 1.807) is 0 Å². The summed E-state index contributed by atoms with van der Waals surface area (Å²) >= 11 is 0. The number of benzene rings is 2. The summed E-state index contributed by atoms with van der Waals surface area (Å²) in [5, 5.41) is 3.18. The average Bonchev–Trinajstić information content (AvgIpc) is 3.39. The molecule has 0 saturated heterocycles. The van der Waals surface area contributed by atoms with Crippen LogP contribution in [0.15, 0.2) is 60.7 Å². The molecule has 12 heteroatoms. The minimum atomic E-state index is -0.310. The molecule has 12 nitrogen and oxygen atoms in total. The number of pyridine rings is 2. The number of anilines is 2. The standard InChI is InChI=1S/C19H21N3O3.C17H21N3O3/c1-12-13(2)20-19(25-16-8-6-5-7-9-16)17-18(12)22(14(3)21-17)10-11-24-15(4)23;1-11-12(2)20-17(23-14-7-5-4-6-8-14)15(18)16(11)19-9-10-22-13(3)21/h5-9H,10-11H2,1-4H3;4-8H,9-10,18H2,1-3H3,(H,19,20). The largest absolute Gasteiger partial charge is 0.464 e. The maximum absolute atomic E-state index is 11.0. The third kappa shape index (κ3) is 8.99. The third-order valence-corrected chi connectivity index (χ3v) is 7.46. The van der Waals surface area contributed by atoms with Crippen LogP contribution in [0.2, 0.25) is 0 Å². The predicted octanol–water partition coefficient (Wildman–Crippen LogP) is 6.76. The van der Waals surface area contributed by atoms with Gasteiger partial charge in [0.15, 0.2) is 5.52 Å². The first-order valence-corrected chi connectivity index (χ1v) is 15.5. The molecule has 252 valence electrons. The number of aryl methyl sites for hydroxylation is 4. The molecule has 0 radical (unpaired) electrons. The Morgan fingerprint density at radius 3 is 1.83 bits per heavy atom. The zero-order valence-electron chi connectivity index (χ0n) is 28.4. The number of aromatic nitrogens is 4. The van der Waals surface area contributed by atoms with Crippen molar-refractivity contribution in [3.8, 4) is 23.3 Å². The van der Waals surface area contributed by atoms with E-state index in [9.17, 15) is 9.59 Å². The lowest BCUT2D eigenvalue weighted by Gasteiger charge is -2.17. The van der Waals surface area contributed by atoms with E-state index in [1.807, 2.05) is 99.8 Å². The topological polar surface area (TPSA) is 153 Å². The highest BCUT2D eigenvalue weighted by atomic mass is 16.5. The van der Waals surface area contributed by atoms with Crippen molar-refractivity contribution < 1.29 is 28.5 Å². The Hall–Kier alpha value is -5.65. The first-order chi connectivity index (χ1) is 23.0. The summed E-state index contributed by atoms with van der Waals surface area (Å²) < 4.78 is 23.8. The van der Waals surface area contributed by atoms with Gasteiger partial charge in [-0.2, -0.15) is 0 Å². The van der Waals surface area contributed by atoms with Gasteiger partial charge in [-0.3, -0.25) is 9.59 Å². The monoisotopic (exact) mass is 654 g/mol. The van der Waals surface area contributed by atoms with Gasteiger partial charge in [-0.1, -0.05) is 36.4 Å². The van der Waals surface area contributed by atoms with Gasteiger partial charge in [0.2, 0.25) is 11.8 Å². The van der Waals surface area contributed by atoms with Crippen LogP contribution in [0.3, 0.4) is 0 Å². The number of para-hydroxylation sites is 2. The van der Waals surface area contributed by atoms with Gasteiger partial charge in [-0.05, 0) is 70.0 Å². The number of nitrogens with two attached hydrogens (primary N) is 1. The van der Waals surface area contributed by atoms with Crippen LogP contribution < -0.4 is 20.5 Å². The fraction of sp³-hybridized carbons (Fsp3) is 0.306. The molecule has 0 aliphatic rings. The summed E-state index contributed by atoms with van der Waals surface area (Å²) in [5.41, 5.74) is 12.7. The number of carbonyl (C=O) groups excluding carboxylic acids is 2. The number of carbonyl (C=O) groups is 2. The van der Waals surface area contributed by atoms with Gasteiger partial charge < -0.3 is 34.6 Å². The summed E-state index contributed by atoms with van der Waals surface area (Å²) in [7, 11) is 0. The lowest BCUT2D eigenvalue weighted by molar-refractivity contribution is -0.141. The van der Waals surface area contributed by atoms with E-state index < -0.39 is 0 Å². The van der Waals surface area contributed by atoms with Gasteiger partial charge in [-0.25, -0.2) is 15.0 Å². The highest BCUT2D eigenvalue weighted by Crippen LogP contribution is 2.35. The smallest absolute Gasteiger partial charge is 0.302 e. The second-order valence-electron chi connectivity index (χ2n) is 11.0. The molecule has 48 heavy (non-hydrogen) atoms. The molecule has 0 atom stereocenters. The Morgan fingerprint density at radius 2 is 1.25 bits per heavy atom. The average molecular weight is 655 g/mol. The number of hydrogen-bond donors (Lipinski definition) is 2. The Bertz CT molecular complexity index is 1880. The van der Waals surface area contributed by atoms with Crippen LogP contribution in [-0.2, 0) is 25.6 Å². The quantitative estimate of drug-likeness (QED) is 0.115.